The Labute approximate surface area is 226 Å². The van der Waals surface area contributed by atoms with Gasteiger partial charge >= 0.3 is 5.97 Å². The summed E-state index contributed by atoms with van der Waals surface area (Å²) in [6, 6.07) is 25.9. The molecule has 5 heteroatoms. The fourth-order valence-electron chi connectivity index (χ4n) is 6.89. The number of nitrogens with zero attached hydrogens (tertiary/aromatic N) is 2. The minimum atomic E-state index is -0.429. The largest absolute Gasteiger partial charge is 0.508 e. The van der Waals surface area contributed by atoms with E-state index in [0.29, 0.717) is 23.6 Å². The Balaban J connectivity index is 1.13. The number of anilines is 1. The fourth-order valence-corrected chi connectivity index (χ4v) is 6.89. The van der Waals surface area contributed by atoms with Crippen molar-refractivity contribution in [3.63, 3.8) is 0 Å². The van der Waals surface area contributed by atoms with Gasteiger partial charge < -0.3 is 14.7 Å². The Hall–Kier alpha value is -3.31. The maximum atomic E-state index is 12.1. The molecular formula is C33H38N2O3. The van der Waals surface area contributed by atoms with Gasteiger partial charge in [-0.1, -0.05) is 48.5 Å². The minimum absolute atomic E-state index is 0.132. The quantitative estimate of drug-likeness (QED) is 0.445. The summed E-state index contributed by atoms with van der Waals surface area (Å²) in [4.78, 5) is 16.8. The van der Waals surface area contributed by atoms with Gasteiger partial charge in [0, 0.05) is 43.2 Å². The average Bonchev–Trinajstić information content (AvgIpc) is 2.83. The molecule has 3 aromatic carbocycles. The highest BCUT2D eigenvalue weighted by atomic mass is 16.6. The molecule has 0 aromatic heterocycles. The lowest BCUT2D eigenvalue weighted by atomic mass is 9.69. The lowest BCUT2D eigenvalue weighted by Crippen LogP contribution is -2.72. The van der Waals surface area contributed by atoms with E-state index in [1.54, 1.807) is 0 Å². The van der Waals surface area contributed by atoms with Crippen molar-refractivity contribution < 1.29 is 14.6 Å². The molecule has 2 aliphatic heterocycles. The first-order valence-corrected chi connectivity index (χ1v) is 13.8. The van der Waals surface area contributed by atoms with Gasteiger partial charge in [0.05, 0.1) is 6.54 Å². The number of phenolic OH excluding ortho intramolecular Hbond substituents is 1. The van der Waals surface area contributed by atoms with Gasteiger partial charge in [0.1, 0.15) is 11.4 Å². The maximum absolute atomic E-state index is 12.1. The van der Waals surface area contributed by atoms with Crippen molar-refractivity contribution in [2.45, 2.75) is 51.0 Å². The Morgan fingerprint density at radius 1 is 0.947 bits per heavy atom. The average molecular weight is 511 g/mol. The predicted octanol–water partition coefficient (Wildman–Crippen LogP) is 5.72. The molecule has 0 bridgehead atoms. The number of phenols is 1. The molecule has 0 saturated carbocycles. The van der Waals surface area contributed by atoms with E-state index in [4.69, 9.17) is 4.74 Å². The van der Waals surface area contributed by atoms with Gasteiger partial charge in [0.25, 0.3) is 0 Å². The van der Waals surface area contributed by atoms with Crippen molar-refractivity contribution in [2.24, 2.45) is 5.41 Å². The summed E-state index contributed by atoms with van der Waals surface area (Å²) in [6.45, 7) is 10.1. The van der Waals surface area contributed by atoms with E-state index in [0.717, 1.165) is 39.0 Å². The summed E-state index contributed by atoms with van der Waals surface area (Å²) >= 11 is 0. The summed E-state index contributed by atoms with van der Waals surface area (Å²) in [7, 11) is 0. The second-order valence-electron chi connectivity index (χ2n) is 12.6. The lowest BCUT2D eigenvalue weighted by Gasteiger charge is -2.61. The third-order valence-electron chi connectivity index (χ3n) is 8.38. The van der Waals surface area contributed by atoms with Crippen molar-refractivity contribution in [3.05, 3.63) is 95.1 Å². The van der Waals surface area contributed by atoms with Crippen molar-refractivity contribution in [2.75, 3.05) is 37.6 Å². The first-order chi connectivity index (χ1) is 18.2. The number of aryl methyl sites for hydroxylation is 1. The van der Waals surface area contributed by atoms with E-state index in [1.807, 2.05) is 32.9 Å². The molecule has 3 aromatic rings. The van der Waals surface area contributed by atoms with Crippen LogP contribution < -0.4 is 4.90 Å². The van der Waals surface area contributed by atoms with Crippen LogP contribution in [0.4, 0.5) is 5.69 Å². The molecule has 1 spiro atoms. The smallest absolute Gasteiger partial charge is 0.320 e. The Kier molecular flexibility index (Phi) is 6.22. The van der Waals surface area contributed by atoms with Gasteiger partial charge in [-0.25, -0.2) is 0 Å². The maximum Gasteiger partial charge on any atom is 0.320 e. The zero-order chi connectivity index (χ0) is 26.5. The van der Waals surface area contributed by atoms with Crippen LogP contribution in [-0.2, 0) is 16.0 Å². The molecule has 1 aliphatic carbocycles. The number of hydrogen-bond donors (Lipinski definition) is 1. The standard InChI is InChI=1S/C33H38N2O3/c1-32(2,3)38-30(37)18-34-19-33(20-34)21-35(22-33)26-12-9-24(10-13-26)31-28(23-7-5-4-6-8-23)15-11-25-17-27(36)14-16-29(25)31/h4-10,12-14,16-17,28,31,36H,11,15,18-22H2,1-3H3/t28-,31+/m1/s1. The molecule has 2 atom stereocenters. The monoisotopic (exact) mass is 510 g/mol. The third-order valence-corrected chi connectivity index (χ3v) is 8.38. The summed E-state index contributed by atoms with van der Waals surface area (Å²) in [5, 5.41) is 10.1. The van der Waals surface area contributed by atoms with Crippen LogP contribution in [0.3, 0.4) is 0 Å². The fraction of sp³-hybridized carbons (Fsp3) is 0.424. The number of rotatable bonds is 5. The van der Waals surface area contributed by atoms with Crippen LogP contribution in [0.1, 0.15) is 61.3 Å². The molecule has 2 saturated heterocycles. The number of carbonyl (C=O) groups is 1. The number of esters is 1. The van der Waals surface area contributed by atoms with E-state index in [1.165, 1.54) is 27.9 Å². The number of carbonyl (C=O) groups excluding carboxylic acids is 1. The highest BCUT2D eigenvalue weighted by molar-refractivity contribution is 5.72. The van der Waals surface area contributed by atoms with Crippen molar-refractivity contribution in [1.29, 1.82) is 0 Å². The summed E-state index contributed by atoms with van der Waals surface area (Å²) in [6.07, 6.45) is 2.06. The number of fused-ring (bicyclic) bond motifs is 1. The zero-order valence-electron chi connectivity index (χ0n) is 22.7. The number of benzene rings is 3. The van der Waals surface area contributed by atoms with Gasteiger partial charge in [0.15, 0.2) is 0 Å². The van der Waals surface area contributed by atoms with Gasteiger partial charge in [0.2, 0.25) is 0 Å². The van der Waals surface area contributed by atoms with E-state index in [-0.39, 0.29) is 11.9 Å². The molecule has 6 rings (SSSR count). The minimum Gasteiger partial charge on any atom is -0.508 e. The molecule has 1 N–H and O–H groups in total. The highest BCUT2D eigenvalue weighted by Crippen LogP contribution is 2.48. The SMILES string of the molecule is CC(C)(C)OC(=O)CN1CC2(C1)CN(c1ccc([C@@H]3c4ccc(O)cc4CC[C@@H]3c3ccccc3)cc1)C2. The van der Waals surface area contributed by atoms with Crippen LogP contribution in [0, 0.1) is 5.41 Å². The van der Waals surface area contributed by atoms with Crippen molar-refractivity contribution >= 4 is 11.7 Å². The van der Waals surface area contributed by atoms with Crippen molar-refractivity contribution in [3.8, 4) is 5.75 Å². The summed E-state index contributed by atoms with van der Waals surface area (Å²) in [5.41, 5.74) is 6.45. The van der Waals surface area contributed by atoms with Crippen LogP contribution in [0.25, 0.3) is 0 Å². The van der Waals surface area contributed by atoms with Gasteiger partial charge in [-0.15, -0.1) is 0 Å². The van der Waals surface area contributed by atoms with Crippen LogP contribution in [0.5, 0.6) is 5.75 Å². The third kappa shape index (κ3) is 4.92. The summed E-state index contributed by atoms with van der Waals surface area (Å²) in [5.74, 6) is 0.902. The summed E-state index contributed by atoms with van der Waals surface area (Å²) < 4.78 is 5.48. The molecule has 0 radical (unpaired) electrons. The predicted molar refractivity (Wildman–Crippen MR) is 151 cm³/mol. The van der Waals surface area contributed by atoms with Gasteiger partial charge in [-0.2, -0.15) is 0 Å². The first kappa shape index (κ1) is 25.0. The number of hydrogen-bond acceptors (Lipinski definition) is 5. The second kappa shape index (κ2) is 9.46. The highest BCUT2D eigenvalue weighted by Gasteiger charge is 2.52. The molecule has 3 aliphatic rings. The van der Waals surface area contributed by atoms with Crippen LogP contribution in [-0.4, -0.2) is 54.3 Å². The van der Waals surface area contributed by atoms with Gasteiger partial charge in [-0.3, -0.25) is 9.69 Å². The first-order valence-electron chi connectivity index (χ1n) is 13.8. The molecule has 38 heavy (non-hydrogen) atoms. The topological polar surface area (TPSA) is 53.0 Å². The van der Waals surface area contributed by atoms with E-state index in [9.17, 15) is 9.90 Å². The molecule has 198 valence electrons. The van der Waals surface area contributed by atoms with Crippen LogP contribution >= 0.6 is 0 Å². The molecule has 5 nitrogen and oxygen atoms in total. The Morgan fingerprint density at radius 2 is 1.66 bits per heavy atom. The Bertz CT molecular complexity index is 1300. The number of ether oxygens (including phenoxy) is 1. The van der Waals surface area contributed by atoms with Crippen LogP contribution in [0.2, 0.25) is 0 Å². The van der Waals surface area contributed by atoms with E-state index >= 15 is 0 Å². The molecular weight excluding hydrogens is 472 g/mol. The molecule has 0 unspecified atom stereocenters. The Morgan fingerprint density at radius 3 is 2.34 bits per heavy atom. The molecule has 2 heterocycles. The van der Waals surface area contributed by atoms with Crippen molar-refractivity contribution in [1.82, 2.24) is 4.90 Å². The number of aromatic hydroxyl groups is 1. The second-order valence-corrected chi connectivity index (χ2v) is 12.6. The van der Waals surface area contributed by atoms with E-state index < -0.39 is 5.60 Å². The molecule has 2 fully saturated rings. The molecule has 0 amide bonds. The number of likely N-dealkylation sites (tertiary alicyclic amines) is 1. The van der Waals surface area contributed by atoms with Gasteiger partial charge in [-0.05, 0) is 86.1 Å². The van der Waals surface area contributed by atoms with Crippen LogP contribution in [0.15, 0.2) is 72.8 Å². The zero-order valence-corrected chi connectivity index (χ0v) is 22.7. The lowest BCUT2D eigenvalue weighted by molar-refractivity contribution is -0.160. The van der Waals surface area contributed by atoms with E-state index in [2.05, 4.69) is 70.5 Å². The normalized spacial score (nSPS) is 22.3.